The zero-order valence-electron chi connectivity index (χ0n) is 10.8. The standard InChI is InChI=1S/C15H19N3/c1-2-12-7-5-6-10-18(12)15-13-8-3-4-9-14(13)16-11-17-15/h3-4,8-9,11-12H,2,5-7,10H2,1H3. The molecule has 1 fully saturated rings. The van der Waals surface area contributed by atoms with Gasteiger partial charge in [-0.2, -0.15) is 0 Å². The molecule has 0 amide bonds. The molecule has 1 aromatic carbocycles. The van der Waals surface area contributed by atoms with Crippen molar-refractivity contribution in [1.29, 1.82) is 0 Å². The summed E-state index contributed by atoms with van der Waals surface area (Å²) in [7, 11) is 0. The van der Waals surface area contributed by atoms with E-state index in [0.29, 0.717) is 6.04 Å². The van der Waals surface area contributed by atoms with Crippen LogP contribution in [-0.2, 0) is 0 Å². The van der Waals surface area contributed by atoms with Crippen LogP contribution in [0.25, 0.3) is 10.9 Å². The minimum Gasteiger partial charge on any atom is -0.353 e. The van der Waals surface area contributed by atoms with E-state index < -0.39 is 0 Å². The Morgan fingerprint density at radius 3 is 3.00 bits per heavy atom. The van der Waals surface area contributed by atoms with E-state index in [9.17, 15) is 0 Å². The maximum absolute atomic E-state index is 4.54. The van der Waals surface area contributed by atoms with E-state index in [1.54, 1.807) is 6.33 Å². The molecule has 18 heavy (non-hydrogen) atoms. The minimum absolute atomic E-state index is 0.636. The lowest BCUT2D eigenvalue weighted by atomic mass is 9.99. The summed E-state index contributed by atoms with van der Waals surface area (Å²) < 4.78 is 0. The van der Waals surface area contributed by atoms with Crippen LogP contribution in [0.2, 0.25) is 0 Å². The summed E-state index contributed by atoms with van der Waals surface area (Å²) in [6, 6.07) is 8.93. The van der Waals surface area contributed by atoms with Gasteiger partial charge < -0.3 is 4.90 Å². The van der Waals surface area contributed by atoms with E-state index in [4.69, 9.17) is 0 Å². The quantitative estimate of drug-likeness (QED) is 0.807. The molecular formula is C15H19N3. The summed E-state index contributed by atoms with van der Waals surface area (Å²) in [5.74, 6) is 1.12. The third-order valence-corrected chi connectivity index (χ3v) is 3.89. The van der Waals surface area contributed by atoms with Crippen LogP contribution >= 0.6 is 0 Å². The smallest absolute Gasteiger partial charge is 0.140 e. The second-order valence-corrected chi connectivity index (χ2v) is 4.97. The summed E-state index contributed by atoms with van der Waals surface area (Å²) in [4.78, 5) is 11.4. The highest BCUT2D eigenvalue weighted by molar-refractivity contribution is 5.89. The van der Waals surface area contributed by atoms with Crippen LogP contribution < -0.4 is 4.90 Å². The van der Waals surface area contributed by atoms with Gasteiger partial charge >= 0.3 is 0 Å². The van der Waals surface area contributed by atoms with Gasteiger partial charge in [0.05, 0.1) is 5.52 Å². The Labute approximate surface area is 108 Å². The van der Waals surface area contributed by atoms with Crippen molar-refractivity contribution < 1.29 is 0 Å². The Bertz CT molecular complexity index is 533. The molecule has 2 aromatic rings. The van der Waals surface area contributed by atoms with Crippen LogP contribution in [0.15, 0.2) is 30.6 Å². The van der Waals surface area contributed by atoms with Gasteiger partial charge in [0.25, 0.3) is 0 Å². The molecule has 0 N–H and O–H groups in total. The van der Waals surface area contributed by atoms with Crippen LogP contribution in [-0.4, -0.2) is 22.6 Å². The highest BCUT2D eigenvalue weighted by Gasteiger charge is 2.23. The fraction of sp³-hybridized carbons (Fsp3) is 0.467. The third kappa shape index (κ3) is 1.94. The van der Waals surface area contributed by atoms with Crippen LogP contribution in [0.5, 0.6) is 0 Å². The second-order valence-electron chi connectivity index (χ2n) is 4.97. The van der Waals surface area contributed by atoms with Crippen molar-refractivity contribution in [3.8, 4) is 0 Å². The lowest BCUT2D eigenvalue weighted by Crippen LogP contribution is -2.39. The number of benzene rings is 1. The molecule has 3 nitrogen and oxygen atoms in total. The summed E-state index contributed by atoms with van der Waals surface area (Å²) in [6.45, 7) is 3.39. The fourth-order valence-corrected chi connectivity index (χ4v) is 2.92. The summed E-state index contributed by atoms with van der Waals surface area (Å²) in [5, 5.41) is 1.18. The average Bonchev–Trinajstić information content (AvgIpc) is 2.46. The van der Waals surface area contributed by atoms with Gasteiger partial charge in [-0.25, -0.2) is 9.97 Å². The van der Waals surface area contributed by atoms with E-state index in [0.717, 1.165) is 17.9 Å². The van der Waals surface area contributed by atoms with E-state index >= 15 is 0 Å². The first-order valence-electron chi connectivity index (χ1n) is 6.86. The fourth-order valence-electron chi connectivity index (χ4n) is 2.92. The monoisotopic (exact) mass is 241 g/mol. The number of aromatic nitrogens is 2. The Morgan fingerprint density at radius 1 is 1.22 bits per heavy atom. The van der Waals surface area contributed by atoms with Crippen LogP contribution in [0.4, 0.5) is 5.82 Å². The molecule has 1 atom stereocenters. The van der Waals surface area contributed by atoms with Crippen molar-refractivity contribution in [1.82, 2.24) is 9.97 Å². The topological polar surface area (TPSA) is 29.0 Å². The Balaban J connectivity index is 2.07. The third-order valence-electron chi connectivity index (χ3n) is 3.89. The molecule has 3 rings (SSSR count). The van der Waals surface area contributed by atoms with Gasteiger partial charge in [-0.15, -0.1) is 0 Å². The zero-order valence-corrected chi connectivity index (χ0v) is 10.8. The van der Waals surface area contributed by atoms with Gasteiger partial charge in [0.1, 0.15) is 12.1 Å². The van der Waals surface area contributed by atoms with Crippen LogP contribution in [0, 0.1) is 0 Å². The Morgan fingerprint density at radius 2 is 2.11 bits per heavy atom. The number of piperidine rings is 1. The van der Waals surface area contributed by atoms with Gasteiger partial charge in [-0.1, -0.05) is 19.1 Å². The molecule has 0 radical (unpaired) electrons. The summed E-state index contributed by atoms with van der Waals surface area (Å²) in [6.07, 6.45) is 6.79. The van der Waals surface area contributed by atoms with Gasteiger partial charge in [0, 0.05) is 18.0 Å². The SMILES string of the molecule is CCC1CCCCN1c1ncnc2ccccc12. The molecule has 2 heterocycles. The molecule has 94 valence electrons. The lowest BCUT2D eigenvalue weighted by molar-refractivity contribution is 0.448. The number of para-hydroxylation sites is 1. The number of anilines is 1. The van der Waals surface area contributed by atoms with E-state index in [1.165, 1.54) is 31.1 Å². The molecule has 1 aliphatic heterocycles. The molecule has 1 saturated heterocycles. The summed E-state index contributed by atoms with van der Waals surface area (Å²) >= 11 is 0. The minimum atomic E-state index is 0.636. The second kappa shape index (κ2) is 4.92. The van der Waals surface area contributed by atoms with Crippen LogP contribution in [0.1, 0.15) is 32.6 Å². The molecule has 0 bridgehead atoms. The predicted octanol–water partition coefficient (Wildman–Crippen LogP) is 3.40. The van der Waals surface area contributed by atoms with Gasteiger partial charge in [0.2, 0.25) is 0 Å². The highest BCUT2D eigenvalue weighted by Crippen LogP contribution is 2.29. The van der Waals surface area contributed by atoms with E-state index in [2.05, 4.69) is 40.0 Å². The molecule has 1 aromatic heterocycles. The molecule has 1 aliphatic rings. The molecular weight excluding hydrogens is 222 g/mol. The van der Waals surface area contributed by atoms with Crippen molar-refractivity contribution in [3.05, 3.63) is 30.6 Å². The number of hydrogen-bond donors (Lipinski definition) is 0. The Kier molecular flexibility index (Phi) is 3.13. The first-order valence-corrected chi connectivity index (χ1v) is 6.86. The number of rotatable bonds is 2. The summed E-state index contributed by atoms with van der Waals surface area (Å²) in [5.41, 5.74) is 1.04. The predicted molar refractivity (Wildman–Crippen MR) is 74.8 cm³/mol. The maximum atomic E-state index is 4.54. The molecule has 0 spiro atoms. The number of hydrogen-bond acceptors (Lipinski definition) is 3. The highest BCUT2D eigenvalue weighted by atomic mass is 15.2. The van der Waals surface area contributed by atoms with Crippen molar-refractivity contribution >= 4 is 16.7 Å². The zero-order chi connectivity index (χ0) is 12.4. The molecule has 3 heteroatoms. The van der Waals surface area contributed by atoms with E-state index in [-0.39, 0.29) is 0 Å². The molecule has 1 unspecified atom stereocenters. The first-order chi connectivity index (χ1) is 8.90. The van der Waals surface area contributed by atoms with Crippen molar-refractivity contribution in [2.45, 2.75) is 38.6 Å². The van der Waals surface area contributed by atoms with Crippen molar-refractivity contribution in [3.63, 3.8) is 0 Å². The van der Waals surface area contributed by atoms with Crippen LogP contribution in [0.3, 0.4) is 0 Å². The first kappa shape index (κ1) is 11.5. The van der Waals surface area contributed by atoms with Crippen molar-refractivity contribution in [2.24, 2.45) is 0 Å². The average molecular weight is 241 g/mol. The number of nitrogens with zero attached hydrogens (tertiary/aromatic N) is 3. The maximum Gasteiger partial charge on any atom is 0.140 e. The number of fused-ring (bicyclic) bond motifs is 1. The Hall–Kier alpha value is -1.64. The largest absolute Gasteiger partial charge is 0.353 e. The molecule has 0 saturated carbocycles. The van der Waals surface area contributed by atoms with Crippen molar-refractivity contribution in [2.75, 3.05) is 11.4 Å². The normalized spacial score (nSPS) is 20.3. The van der Waals surface area contributed by atoms with Gasteiger partial charge in [-0.05, 0) is 37.8 Å². The lowest BCUT2D eigenvalue weighted by Gasteiger charge is -2.36. The van der Waals surface area contributed by atoms with E-state index in [1.807, 2.05) is 6.07 Å². The van der Waals surface area contributed by atoms with Gasteiger partial charge in [0.15, 0.2) is 0 Å². The van der Waals surface area contributed by atoms with Gasteiger partial charge in [-0.3, -0.25) is 0 Å². The molecule has 0 aliphatic carbocycles.